The van der Waals surface area contributed by atoms with Crippen molar-refractivity contribution in [3.8, 4) is 0 Å². The van der Waals surface area contributed by atoms with E-state index in [4.69, 9.17) is 0 Å². The molecule has 1 heterocycles. The van der Waals surface area contributed by atoms with E-state index >= 15 is 0 Å². The molecule has 2 aliphatic rings. The first-order chi connectivity index (χ1) is 8.55. The van der Waals surface area contributed by atoms with Gasteiger partial charge in [0.15, 0.2) is 9.84 Å². The van der Waals surface area contributed by atoms with Crippen LogP contribution < -0.4 is 5.32 Å². The van der Waals surface area contributed by atoms with Crippen molar-refractivity contribution >= 4 is 9.84 Å². The Kier molecular flexibility index (Phi) is 5.04. The molecule has 1 saturated heterocycles. The summed E-state index contributed by atoms with van der Waals surface area (Å²) in [6.45, 7) is 0.538. The van der Waals surface area contributed by atoms with Crippen molar-refractivity contribution in [3.05, 3.63) is 0 Å². The molecule has 5 heteroatoms. The predicted molar refractivity (Wildman–Crippen MR) is 72.3 cm³/mol. The van der Waals surface area contributed by atoms with Gasteiger partial charge in [-0.1, -0.05) is 25.7 Å². The molecule has 0 bridgehead atoms. The normalized spacial score (nSPS) is 30.4. The molecule has 0 aromatic rings. The number of rotatable bonds is 5. The van der Waals surface area contributed by atoms with Gasteiger partial charge < -0.3 is 10.4 Å². The van der Waals surface area contributed by atoms with E-state index in [1.54, 1.807) is 0 Å². The Hall–Kier alpha value is -0.130. The van der Waals surface area contributed by atoms with Crippen LogP contribution in [0.1, 0.15) is 44.9 Å². The summed E-state index contributed by atoms with van der Waals surface area (Å²) in [7, 11) is -2.85. The minimum atomic E-state index is -2.85. The van der Waals surface area contributed by atoms with Crippen molar-refractivity contribution in [2.24, 2.45) is 5.92 Å². The lowest BCUT2D eigenvalue weighted by Crippen LogP contribution is -2.43. The first-order valence-corrected chi connectivity index (χ1v) is 8.99. The Morgan fingerprint density at radius 2 is 1.89 bits per heavy atom. The number of nitrogens with one attached hydrogen (secondary N) is 1. The van der Waals surface area contributed by atoms with Crippen molar-refractivity contribution in [1.82, 2.24) is 5.32 Å². The Morgan fingerprint density at radius 3 is 2.56 bits per heavy atom. The molecule has 1 saturated carbocycles. The highest BCUT2D eigenvalue weighted by Gasteiger charge is 2.25. The van der Waals surface area contributed by atoms with Gasteiger partial charge >= 0.3 is 0 Å². The van der Waals surface area contributed by atoms with Crippen LogP contribution in [-0.2, 0) is 9.84 Å². The van der Waals surface area contributed by atoms with E-state index in [0.29, 0.717) is 18.2 Å². The van der Waals surface area contributed by atoms with Crippen LogP contribution >= 0.6 is 0 Å². The van der Waals surface area contributed by atoms with Crippen LogP contribution in [0.25, 0.3) is 0 Å². The summed E-state index contributed by atoms with van der Waals surface area (Å²) in [6, 6.07) is 0.0435. The van der Waals surface area contributed by atoms with Crippen LogP contribution in [0.5, 0.6) is 0 Å². The maximum absolute atomic E-state index is 11.5. The van der Waals surface area contributed by atoms with E-state index in [1.807, 2.05) is 0 Å². The van der Waals surface area contributed by atoms with Crippen LogP contribution in [-0.4, -0.2) is 43.7 Å². The second-order valence-electron chi connectivity index (χ2n) is 5.90. The van der Waals surface area contributed by atoms with Gasteiger partial charge in [0.1, 0.15) is 0 Å². The SMILES string of the molecule is O=S1(=O)CCCC(NCC(O)CC2CCCC2)C1. The Morgan fingerprint density at radius 1 is 1.17 bits per heavy atom. The van der Waals surface area contributed by atoms with Crippen molar-refractivity contribution in [2.75, 3.05) is 18.1 Å². The molecule has 0 radical (unpaired) electrons. The lowest BCUT2D eigenvalue weighted by atomic mass is 10.00. The monoisotopic (exact) mass is 275 g/mol. The second-order valence-corrected chi connectivity index (χ2v) is 8.13. The zero-order valence-electron chi connectivity index (χ0n) is 11.0. The van der Waals surface area contributed by atoms with E-state index in [1.165, 1.54) is 25.7 Å². The smallest absolute Gasteiger partial charge is 0.151 e. The third kappa shape index (κ3) is 4.52. The molecule has 0 spiro atoms. The minimum absolute atomic E-state index is 0.0435. The summed E-state index contributed by atoms with van der Waals surface area (Å²) in [5.41, 5.74) is 0. The zero-order chi connectivity index (χ0) is 13.0. The van der Waals surface area contributed by atoms with Crippen molar-refractivity contribution in [3.63, 3.8) is 0 Å². The minimum Gasteiger partial charge on any atom is -0.392 e. The highest BCUT2D eigenvalue weighted by atomic mass is 32.2. The van der Waals surface area contributed by atoms with Gasteiger partial charge in [0.2, 0.25) is 0 Å². The maximum atomic E-state index is 11.5. The van der Waals surface area contributed by atoms with E-state index in [2.05, 4.69) is 5.32 Å². The quantitative estimate of drug-likeness (QED) is 0.788. The summed E-state index contributed by atoms with van der Waals surface area (Å²) >= 11 is 0. The van der Waals surface area contributed by atoms with Crippen LogP contribution in [0.15, 0.2) is 0 Å². The molecule has 1 aliphatic heterocycles. The molecule has 2 N–H and O–H groups in total. The molecule has 2 atom stereocenters. The second kappa shape index (κ2) is 6.35. The molecule has 106 valence electrons. The van der Waals surface area contributed by atoms with Crippen molar-refractivity contribution in [2.45, 2.75) is 57.1 Å². The zero-order valence-corrected chi connectivity index (χ0v) is 11.8. The number of hydrogen-bond donors (Lipinski definition) is 2. The first-order valence-electron chi connectivity index (χ1n) is 7.17. The number of hydrogen-bond acceptors (Lipinski definition) is 4. The maximum Gasteiger partial charge on any atom is 0.151 e. The van der Waals surface area contributed by atoms with Gasteiger partial charge in [0.05, 0.1) is 17.6 Å². The molecule has 4 nitrogen and oxygen atoms in total. The van der Waals surface area contributed by atoms with Gasteiger partial charge in [-0.05, 0) is 25.2 Å². The highest BCUT2D eigenvalue weighted by Crippen LogP contribution is 2.28. The van der Waals surface area contributed by atoms with Gasteiger partial charge in [-0.2, -0.15) is 0 Å². The molecule has 0 aromatic carbocycles. The number of aliphatic hydroxyl groups excluding tert-OH is 1. The molecular formula is C13H25NO3S. The Balaban J connectivity index is 1.67. The molecule has 1 aliphatic carbocycles. The van der Waals surface area contributed by atoms with Gasteiger partial charge in [0.25, 0.3) is 0 Å². The molecule has 0 amide bonds. The fraction of sp³-hybridized carbons (Fsp3) is 1.00. The Bertz CT molecular complexity index is 349. The molecule has 2 rings (SSSR count). The Labute approximate surface area is 110 Å². The van der Waals surface area contributed by atoms with Crippen LogP contribution in [0.4, 0.5) is 0 Å². The largest absolute Gasteiger partial charge is 0.392 e. The fourth-order valence-electron chi connectivity index (χ4n) is 3.20. The summed E-state index contributed by atoms with van der Waals surface area (Å²) in [5.74, 6) is 1.25. The summed E-state index contributed by atoms with van der Waals surface area (Å²) in [4.78, 5) is 0. The number of sulfone groups is 1. The fourth-order valence-corrected chi connectivity index (χ4v) is 4.87. The summed E-state index contributed by atoms with van der Waals surface area (Å²) in [6.07, 6.45) is 7.29. The third-order valence-electron chi connectivity index (χ3n) is 4.19. The lowest BCUT2D eigenvalue weighted by molar-refractivity contribution is 0.137. The molecule has 0 aromatic heterocycles. The standard InChI is InChI=1S/C13H25NO3S/c15-13(8-11-4-1-2-5-11)9-14-12-6-3-7-18(16,17)10-12/h11-15H,1-10H2. The average Bonchev–Trinajstić information content (AvgIpc) is 2.78. The van der Waals surface area contributed by atoms with E-state index < -0.39 is 9.84 Å². The van der Waals surface area contributed by atoms with E-state index in [9.17, 15) is 13.5 Å². The van der Waals surface area contributed by atoms with Gasteiger partial charge in [-0.3, -0.25) is 0 Å². The van der Waals surface area contributed by atoms with Gasteiger partial charge in [0, 0.05) is 12.6 Å². The van der Waals surface area contributed by atoms with Crippen LogP contribution in [0, 0.1) is 5.92 Å². The lowest BCUT2D eigenvalue weighted by Gasteiger charge is -2.25. The summed E-state index contributed by atoms with van der Waals surface area (Å²) in [5, 5.41) is 13.2. The van der Waals surface area contributed by atoms with Crippen molar-refractivity contribution < 1.29 is 13.5 Å². The molecular weight excluding hydrogens is 250 g/mol. The third-order valence-corrected chi connectivity index (χ3v) is 6.01. The summed E-state index contributed by atoms with van der Waals surface area (Å²) < 4.78 is 23.0. The van der Waals surface area contributed by atoms with Gasteiger partial charge in [-0.25, -0.2) is 8.42 Å². The van der Waals surface area contributed by atoms with E-state index in [0.717, 1.165) is 19.3 Å². The highest BCUT2D eigenvalue weighted by molar-refractivity contribution is 7.91. The van der Waals surface area contributed by atoms with Crippen LogP contribution in [0.2, 0.25) is 0 Å². The van der Waals surface area contributed by atoms with Gasteiger partial charge in [-0.15, -0.1) is 0 Å². The molecule has 2 fully saturated rings. The van der Waals surface area contributed by atoms with Crippen LogP contribution in [0.3, 0.4) is 0 Å². The van der Waals surface area contributed by atoms with Crippen molar-refractivity contribution in [1.29, 1.82) is 0 Å². The first kappa shape index (κ1) is 14.3. The average molecular weight is 275 g/mol. The van der Waals surface area contributed by atoms with E-state index in [-0.39, 0.29) is 17.9 Å². The molecule has 18 heavy (non-hydrogen) atoms. The number of aliphatic hydroxyl groups is 1. The predicted octanol–water partition coefficient (Wildman–Crippen LogP) is 1.09. The molecule has 2 unspecified atom stereocenters. The topological polar surface area (TPSA) is 66.4 Å².